The molecule has 0 aliphatic carbocycles. The molecule has 9 heteroatoms. The number of rotatable bonds is 5. The van der Waals surface area contributed by atoms with Crippen LogP contribution in [0.5, 0.6) is 0 Å². The molecule has 0 saturated carbocycles. The Morgan fingerprint density at radius 2 is 2.04 bits per heavy atom. The topological polar surface area (TPSA) is 70.4 Å². The lowest BCUT2D eigenvalue weighted by molar-refractivity contribution is -0.205. The zero-order valence-electron chi connectivity index (χ0n) is 12.9. The van der Waals surface area contributed by atoms with Crippen LogP contribution in [0.15, 0.2) is 42.7 Å². The highest BCUT2D eigenvalue weighted by molar-refractivity contribution is 5.88. The van der Waals surface area contributed by atoms with Gasteiger partial charge in [-0.2, -0.15) is 18.3 Å². The SMILES string of the molecule is CN(CC(O)C(F)(F)F)C(=O)Nc1cnn(Cc2ccccc2)c1. The van der Waals surface area contributed by atoms with Gasteiger partial charge >= 0.3 is 12.2 Å². The van der Waals surface area contributed by atoms with Gasteiger partial charge in [-0.3, -0.25) is 4.68 Å². The van der Waals surface area contributed by atoms with Crippen molar-refractivity contribution in [3.8, 4) is 0 Å². The van der Waals surface area contributed by atoms with E-state index in [1.807, 2.05) is 30.3 Å². The van der Waals surface area contributed by atoms with Crippen LogP contribution in [-0.2, 0) is 6.54 Å². The number of hydrogen-bond acceptors (Lipinski definition) is 3. The van der Waals surface area contributed by atoms with Gasteiger partial charge in [-0.05, 0) is 5.56 Å². The van der Waals surface area contributed by atoms with Gasteiger partial charge in [0.1, 0.15) is 0 Å². The molecule has 2 amide bonds. The van der Waals surface area contributed by atoms with E-state index in [1.165, 1.54) is 13.2 Å². The number of carbonyl (C=O) groups is 1. The van der Waals surface area contributed by atoms with E-state index in [2.05, 4.69) is 10.4 Å². The number of alkyl halides is 3. The summed E-state index contributed by atoms with van der Waals surface area (Å²) in [7, 11) is 1.17. The highest BCUT2D eigenvalue weighted by Crippen LogP contribution is 2.20. The fourth-order valence-electron chi connectivity index (χ4n) is 1.95. The number of halogens is 3. The first-order valence-electron chi connectivity index (χ1n) is 7.09. The third-order valence-corrected chi connectivity index (χ3v) is 3.24. The minimum atomic E-state index is -4.77. The molecule has 1 aromatic heterocycles. The number of nitrogens with one attached hydrogen (secondary N) is 1. The molecule has 0 aliphatic rings. The summed E-state index contributed by atoms with van der Waals surface area (Å²) in [5, 5.41) is 15.5. The van der Waals surface area contributed by atoms with Crippen molar-refractivity contribution in [3.63, 3.8) is 0 Å². The van der Waals surface area contributed by atoms with E-state index in [9.17, 15) is 18.0 Å². The Morgan fingerprint density at radius 1 is 1.38 bits per heavy atom. The maximum absolute atomic E-state index is 12.3. The van der Waals surface area contributed by atoms with Crippen molar-refractivity contribution >= 4 is 11.7 Å². The Bertz CT molecular complexity index is 673. The van der Waals surface area contributed by atoms with E-state index in [1.54, 1.807) is 10.9 Å². The van der Waals surface area contributed by atoms with Gasteiger partial charge in [-0.15, -0.1) is 0 Å². The minimum absolute atomic E-state index is 0.351. The first-order chi connectivity index (χ1) is 11.3. The largest absolute Gasteiger partial charge is 0.416 e. The van der Waals surface area contributed by atoms with E-state index < -0.39 is 24.9 Å². The van der Waals surface area contributed by atoms with E-state index in [4.69, 9.17) is 5.11 Å². The number of anilines is 1. The maximum atomic E-state index is 12.3. The van der Waals surface area contributed by atoms with Crippen molar-refractivity contribution in [2.45, 2.75) is 18.8 Å². The first kappa shape index (κ1) is 17.8. The molecule has 1 aromatic carbocycles. The summed E-state index contributed by atoms with van der Waals surface area (Å²) < 4.78 is 38.5. The first-order valence-corrected chi connectivity index (χ1v) is 7.09. The molecule has 0 bridgehead atoms. The lowest BCUT2D eigenvalue weighted by Gasteiger charge is -2.22. The highest BCUT2D eigenvalue weighted by atomic mass is 19.4. The van der Waals surface area contributed by atoms with Crippen molar-refractivity contribution in [2.75, 3.05) is 18.9 Å². The molecule has 0 aliphatic heterocycles. The van der Waals surface area contributed by atoms with E-state index >= 15 is 0 Å². The monoisotopic (exact) mass is 342 g/mol. The summed E-state index contributed by atoms with van der Waals surface area (Å²) in [6.45, 7) is -0.354. The van der Waals surface area contributed by atoms with Gasteiger partial charge < -0.3 is 15.3 Å². The van der Waals surface area contributed by atoms with Gasteiger partial charge in [-0.1, -0.05) is 30.3 Å². The van der Waals surface area contributed by atoms with Crippen LogP contribution in [0.25, 0.3) is 0 Å². The molecule has 1 unspecified atom stereocenters. The fourth-order valence-corrected chi connectivity index (χ4v) is 1.95. The van der Waals surface area contributed by atoms with E-state index in [-0.39, 0.29) is 0 Å². The number of hydrogen-bond donors (Lipinski definition) is 2. The summed E-state index contributed by atoms with van der Waals surface area (Å²) >= 11 is 0. The third-order valence-electron chi connectivity index (χ3n) is 3.24. The second-order valence-electron chi connectivity index (χ2n) is 5.28. The Hall–Kier alpha value is -2.55. The van der Waals surface area contributed by atoms with Crippen molar-refractivity contribution < 1.29 is 23.1 Å². The van der Waals surface area contributed by atoms with Crippen LogP contribution >= 0.6 is 0 Å². The van der Waals surface area contributed by atoms with E-state index in [0.717, 1.165) is 10.5 Å². The summed E-state index contributed by atoms with van der Waals surface area (Å²) in [5.41, 5.74) is 1.37. The molecule has 0 fully saturated rings. The normalized spacial score (nSPS) is 12.7. The Morgan fingerprint density at radius 3 is 2.67 bits per heavy atom. The number of aromatic nitrogens is 2. The molecular weight excluding hydrogens is 325 g/mol. The quantitative estimate of drug-likeness (QED) is 0.876. The standard InChI is InChI=1S/C15H17F3N4O2/c1-21(10-13(23)15(16,17)18)14(24)20-12-7-19-22(9-12)8-11-5-3-2-4-6-11/h2-7,9,13,23H,8,10H2,1H3,(H,20,24). The number of aliphatic hydroxyl groups excluding tert-OH is 1. The molecule has 6 nitrogen and oxygen atoms in total. The lowest BCUT2D eigenvalue weighted by Crippen LogP contribution is -2.43. The summed E-state index contributed by atoms with van der Waals surface area (Å²) in [4.78, 5) is 12.6. The molecule has 2 N–H and O–H groups in total. The molecule has 0 spiro atoms. The molecular formula is C15H17F3N4O2. The van der Waals surface area contributed by atoms with Crippen LogP contribution in [0.2, 0.25) is 0 Å². The van der Waals surface area contributed by atoms with Crippen LogP contribution in [0.1, 0.15) is 5.56 Å². The maximum Gasteiger partial charge on any atom is 0.416 e. The van der Waals surface area contributed by atoms with Gasteiger partial charge in [0.15, 0.2) is 6.10 Å². The number of likely N-dealkylation sites (N-methyl/N-ethyl adjacent to an activating group) is 1. The van der Waals surface area contributed by atoms with Crippen LogP contribution < -0.4 is 5.32 Å². The van der Waals surface area contributed by atoms with Gasteiger partial charge in [0.25, 0.3) is 0 Å². The molecule has 2 aromatic rings. The zero-order chi connectivity index (χ0) is 17.7. The summed E-state index contributed by atoms with van der Waals surface area (Å²) in [5.74, 6) is 0. The minimum Gasteiger partial charge on any atom is -0.382 e. The molecule has 0 saturated heterocycles. The third kappa shape index (κ3) is 4.98. The summed E-state index contributed by atoms with van der Waals surface area (Å²) in [6, 6.07) is 8.75. The van der Waals surface area contributed by atoms with Crippen LogP contribution in [0.4, 0.5) is 23.7 Å². The fraction of sp³-hybridized carbons (Fsp3) is 0.333. The second kappa shape index (κ2) is 7.35. The molecule has 1 heterocycles. The molecule has 24 heavy (non-hydrogen) atoms. The zero-order valence-corrected chi connectivity index (χ0v) is 12.9. The van der Waals surface area contributed by atoms with Crippen LogP contribution in [-0.4, -0.2) is 51.7 Å². The van der Waals surface area contributed by atoms with Crippen molar-refractivity contribution in [1.82, 2.24) is 14.7 Å². The predicted molar refractivity (Wildman–Crippen MR) is 81.5 cm³/mol. The Labute approximate surface area is 136 Å². The predicted octanol–water partition coefficient (Wildman–Crippen LogP) is 2.32. The summed E-state index contributed by atoms with van der Waals surface area (Å²) in [6.07, 6.45) is -4.39. The van der Waals surface area contributed by atoms with E-state index in [0.29, 0.717) is 12.2 Å². The van der Waals surface area contributed by atoms with Crippen molar-refractivity contribution in [2.24, 2.45) is 0 Å². The smallest absolute Gasteiger partial charge is 0.382 e. The number of benzene rings is 1. The lowest BCUT2D eigenvalue weighted by atomic mass is 10.2. The molecule has 2 rings (SSSR count). The average molecular weight is 342 g/mol. The van der Waals surface area contributed by atoms with Gasteiger partial charge in [0.05, 0.1) is 25.0 Å². The van der Waals surface area contributed by atoms with Gasteiger partial charge in [0.2, 0.25) is 0 Å². The van der Waals surface area contributed by atoms with Gasteiger partial charge in [0, 0.05) is 13.2 Å². The van der Waals surface area contributed by atoms with Crippen molar-refractivity contribution in [1.29, 1.82) is 0 Å². The second-order valence-corrected chi connectivity index (χ2v) is 5.28. The van der Waals surface area contributed by atoms with Gasteiger partial charge in [-0.25, -0.2) is 4.79 Å². The number of urea groups is 1. The molecule has 0 radical (unpaired) electrons. The van der Waals surface area contributed by atoms with Crippen LogP contribution in [0, 0.1) is 0 Å². The van der Waals surface area contributed by atoms with Crippen molar-refractivity contribution in [3.05, 3.63) is 48.3 Å². The Kier molecular flexibility index (Phi) is 5.45. The molecule has 130 valence electrons. The number of aliphatic hydroxyl groups is 1. The average Bonchev–Trinajstić information content (AvgIpc) is 2.94. The molecule has 1 atom stereocenters. The van der Waals surface area contributed by atoms with Crippen LogP contribution in [0.3, 0.4) is 0 Å². The Balaban J connectivity index is 1.90. The number of amides is 2. The number of carbonyl (C=O) groups excluding carboxylic acids is 1. The highest BCUT2D eigenvalue weighted by Gasteiger charge is 2.39. The number of nitrogens with zero attached hydrogens (tertiary/aromatic N) is 3.